The second-order valence-electron chi connectivity index (χ2n) is 22.4. The number of rotatable bonds is 61. The van der Waals surface area contributed by atoms with E-state index in [2.05, 4.69) is 81.5 Å². The smallest absolute Gasteiger partial charge is 0.306 e. The van der Waals surface area contributed by atoms with Crippen LogP contribution in [0.5, 0.6) is 0 Å². The van der Waals surface area contributed by atoms with Gasteiger partial charge in [-0.05, 0) is 83.5 Å². The Kier molecular flexibility index (Phi) is 62.2. The molecule has 0 heterocycles. The van der Waals surface area contributed by atoms with E-state index < -0.39 is 6.10 Å². The minimum absolute atomic E-state index is 0.0703. The molecule has 0 aliphatic carbocycles. The fourth-order valence-corrected chi connectivity index (χ4v) is 9.79. The Bertz CT molecular complexity index is 1360. The highest BCUT2D eigenvalue weighted by Gasteiger charge is 2.19. The quantitative estimate of drug-likeness (QED) is 0.0261. The second kappa shape index (κ2) is 64.6. The predicted octanol–water partition coefficient (Wildman–Crippen LogP) is 22.7. The van der Waals surface area contributed by atoms with Crippen molar-refractivity contribution >= 4 is 17.9 Å². The van der Waals surface area contributed by atoms with Crippen LogP contribution in [0.1, 0.15) is 348 Å². The predicted molar refractivity (Wildman–Crippen MR) is 330 cm³/mol. The lowest BCUT2D eigenvalue weighted by Gasteiger charge is -2.18. The second-order valence-corrected chi connectivity index (χ2v) is 22.4. The molecule has 0 N–H and O–H groups in total. The number of hydrogen-bond acceptors (Lipinski definition) is 6. The van der Waals surface area contributed by atoms with E-state index in [1.54, 1.807) is 0 Å². The molecule has 0 saturated carbocycles. The van der Waals surface area contributed by atoms with E-state index in [1.165, 1.54) is 225 Å². The minimum Gasteiger partial charge on any atom is -0.462 e. The van der Waals surface area contributed by atoms with Crippen LogP contribution in [0.2, 0.25) is 0 Å². The molecule has 76 heavy (non-hydrogen) atoms. The molecule has 0 fully saturated rings. The van der Waals surface area contributed by atoms with Crippen molar-refractivity contribution < 1.29 is 28.6 Å². The number of carbonyl (C=O) groups excluding carboxylic acids is 3. The SMILES string of the molecule is CC/C=C\C/C=C\C/C=C\C/C=C\CCCCCCCCCCCCCCCCCCCCCCC(=O)OCC(COC(=O)CCCCCCCCCC)OC(=O)CCCCCCCCC/C=C\CCCCCCCC. The minimum atomic E-state index is -0.771. The van der Waals surface area contributed by atoms with Gasteiger partial charge in [0.2, 0.25) is 0 Å². The van der Waals surface area contributed by atoms with Gasteiger partial charge in [0.05, 0.1) is 0 Å². The number of ether oxygens (including phenoxy) is 3. The van der Waals surface area contributed by atoms with Crippen molar-refractivity contribution in [2.75, 3.05) is 13.2 Å². The number of allylic oxidation sites excluding steroid dienone is 10. The Morgan fingerprint density at radius 1 is 0.276 bits per heavy atom. The Morgan fingerprint density at radius 3 is 0.816 bits per heavy atom. The maximum atomic E-state index is 12.9. The summed E-state index contributed by atoms with van der Waals surface area (Å²) in [6, 6.07) is 0. The largest absolute Gasteiger partial charge is 0.462 e. The van der Waals surface area contributed by atoms with E-state index in [9.17, 15) is 14.4 Å². The van der Waals surface area contributed by atoms with Gasteiger partial charge in [0.15, 0.2) is 6.10 Å². The summed E-state index contributed by atoms with van der Waals surface area (Å²) in [5.41, 5.74) is 0. The molecule has 0 aromatic rings. The van der Waals surface area contributed by atoms with Crippen LogP contribution < -0.4 is 0 Å². The van der Waals surface area contributed by atoms with Crippen molar-refractivity contribution in [2.45, 2.75) is 354 Å². The Labute approximate surface area is 472 Å². The number of esters is 3. The van der Waals surface area contributed by atoms with Crippen molar-refractivity contribution in [3.05, 3.63) is 60.8 Å². The first-order valence-corrected chi connectivity index (χ1v) is 33.3. The maximum absolute atomic E-state index is 12.9. The summed E-state index contributed by atoms with van der Waals surface area (Å²) in [5, 5.41) is 0. The number of hydrogen-bond donors (Lipinski definition) is 0. The van der Waals surface area contributed by atoms with Crippen LogP contribution in [0.3, 0.4) is 0 Å². The molecule has 6 heteroatoms. The zero-order valence-corrected chi connectivity index (χ0v) is 50.8. The average Bonchev–Trinajstić information content (AvgIpc) is 3.42. The summed E-state index contributed by atoms with van der Waals surface area (Å²) in [6.07, 6.45) is 82.7. The zero-order valence-electron chi connectivity index (χ0n) is 50.8. The molecule has 0 spiro atoms. The highest BCUT2D eigenvalue weighted by Crippen LogP contribution is 2.18. The van der Waals surface area contributed by atoms with Crippen LogP contribution in [0.25, 0.3) is 0 Å². The standard InChI is InChI=1S/C70H126O6/c1-4-7-10-13-16-19-21-23-25-27-28-29-30-31-32-33-34-35-36-37-38-39-40-41-42-44-45-47-49-51-54-57-60-63-69(72)75-66-67(65-74-68(71)62-59-56-53-18-15-12-9-6-3)76-70(73)64-61-58-55-52-50-48-46-43-26-24-22-20-17-14-11-8-5-2/h7,10,16,19,23-26,28-29,67H,4-6,8-9,11-15,17-18,20-22,27,30-66H2,1-3H3/b10-7-,19-16-,25-23-,26-24-,29-28-. The lowest BCUT2D eigenvalue weighted by molar-refractivity contribution is -0.167. The van der Waals surface area contributed by atoms with Crippen molar-refractivity contribution in [1.82, 2.24) is 0 Å². The molecule has 0 aromatic heterocycles. The maximum Gasteiger partial charge on any atom is 0.306 e. The van der Waals surface area contributed by atoms with Gasteiger partial charge in [-0.1, -0.05) is 306 Å². The Balaban J connectivity index is 4.01. The molecule has 0 radical (unpaired) electrons. The molecular formula is C70H126O6. The third kappa shape index (κ3) is 62.0. The molecule has 0 aliphatic heterocycles. The normalized spacial score (nSPS) is 12.4. The first kappa shape index (κ1) is 73.1. The lowest BCUT2D eigenvalue weighted by Crippen LogP contribution is -2.30. The summed E-state index contributed by atoms with van der Waals surface area (Å²) in [4.78, 5) is 38.1. The fraction of sp³-hybridized carbons (Fsp3) is 0.814. The zero-order chi connectivity index (χ0) is 55.0. The first-order chi connectivity index (χ1) is 37.5. The van der Waals surface area contributed by atoms with E-state index >= 15 is 0 Å². The highest BCUT2D eigenvalue weighted by atomic mass is 16.6. The lowest BCUT2D eigenvalue weighted by atomic mass is 10.0. The van der Waals surface area contributed by atoms with Gasteiger partial charge in [0.1, 0.15) is 13.2 Å². The summed E-state index contributed by atoms with van der Waals surface area (Å²) < 4.78 is 16.9. The van der Waals surface area contributed by atoms with Gasteiger partial charge >= 0.3 is 17.9 Å². The van der Waals surface area contributed by atoms with Gasteiger partial charge in [-0.2, -0.15) is 0 Å². The van der Waals surface area contributed by atoms with Gasteiger partial charge in [-0.3, -0.25) is 14.4 Å². The van der Waals surface area contributed by atoms with Crippen LogP contribution in [0.15, 0.2) is 60.8 Å². The summed E-state index contributed by atoms with van der Waals surface area (Å²) in [7, 11) is 0. The summed E-state index contributed by atoms with van der Waals surface area (Å²) in [5.74, 6) is -0.859. The molecular weight excluding hydrogens is 937 g/mol. The molecule has 442 valence electrons. The van der Waals surface area contributed by atoms with Gasteiger partial charge in [0, 0.05) is 19.3 Å². The van der Waals surface area contributed by atoms with Crippen LogP contribution in [-0.2, 0) is 28.6 Å². The van der Waals surface area contributed by atoms with Gasteiger partial charge in [-0.15, -0.1) is 0 Å². The van der Waals surface area contributed by atoms with Crippen molar-refractivity contribution in [2.24, 2.45) is 0 Å². The van der Waals surface area contributed by atoms with Crippen molar-refractivity contribution in [1.29, 1.82) is 0 Å². The fourth-order valence-electron chi connectivity index (χ4n) is 9.79. The van der Waals surface area contributed by atoms with E-state index in [1.807, 2.05) is 0 Å². The topological polar surface area (TPSA) is 78.9 Å². The number of unbranched alkanes of at least 4 members (excludes halogenated alkanes) is 40. The molecule has 0 amide bonds. The Hall–Kier alpha value is -2.89. The Morgan fingerprint density at radius 2 is 0.513 bits per heavy atom. The highest BCUT2D eigenvalue weighted by molar-refractivity contribution is 5.71. The molecule has 0 saturated heterocycles. The molecule has 6 nitrogen and oxygen atoms in total. The van der Waals surface area contributed by atoms with Gasteiger partial charge in [0.25, 0.3) is 0 Å². The van der Waals surface area contributed by atoms with Crippen molar-refractivity contribution in [3.8, 4) is 0 Å². The molecule has 0 aromatic carbocycles. The third-order valence-corrected chi connectivity index (χ3v) is 14.8. The molecule has 0 bridgehead atoms. The monoisotopic (exact) mass is 1060 g/mol. The summed E-state index contributed by atoms with van der Waals surface area (Å²) >= 11 is 0. The first-order valence-electron chi connectivity index (χ1n) is 33.3. The van der Waals surface area contributed by atoms with Crippen LogP contribution >= 0.6 is 0 Å². The van der Waals surface area contributed by atoms with Gasteiger partial charge in [-0.25, -0.2) is 0 Å². The van der Waals surface area contributed by atoms with E-state index in [-0.39, 0.29) is 31.1 Å². The molecule has 0 rings (SSSR count). The molecule has 1 atom stereocenters. The van der Waals surface area contributed by atoms with E-state index in [4.69, 9.17) is 14.2 Å². The van der Waals surface area contributed by atoms with Gasteiger partial charge < -0.3 is 14.2 Å². The average molecular weight is 1060 g/mol. The molecule has 0 aliphatic rings. The van der Waals surface area contributed by atoms with Crippen LogP contribution in [0.4, 0.5) is 0 Å². The summed E-state index contributed by atoms with van der Waals surface area (Å²) in [6.45, 7) is 6.53. The van der Waals surface area contributed by atoms with E-state index in [0.717, 1.165) is 83.5 Å². The molecule has 1 unspecified atom stereocenters. The van der Waals surface area contributed by atoms with Crippen LogP contribution in [-0.4, -0.2) is 37.2 Å². The third-order valence-electron chi connectivity index (χ3n) is 14.8. The van der Waals surface area contributed by atoms with Crippen LogP contribution in [0, 0.1) is 0 Å². The number of carbonyl (C=O) groups is 3. The van der Waals surface area contributed by atoms with E-state index in [0.29, 0.717) is 19.3 Å². The van der Waals surface area contributed by atoms with Crippen molar-refractivity contribution in [3.63, 3.8) is 0 Å².